The first-order valence-corrected chi connectivity index (χ1v) is 9.52. The lowest BCUT2D eigenvalue weighted by atomic mass is 9.85. The Hall–Kier alpha value is -2.47. The second-order valence-electron chi connectivity index (χ2n) is 6.34. The number of hydrogen-bond acceptors (Lipinski definition) is 3. The van der Waals surface area contributed by atoms with Gasteiger partial charge in [0.1, 0.15) is 0 Å². The van der Waals surface area contributed by atoms with Crippen molar-refractivity contribution < 1.29 is 4.79 Å². The first kappa shape index (κ1) is 17.0. The third-order valence-electron chi connectivity index (χ3n) is 4.68. The minimum Gasteiger partial charge on any atom is -0.398 e. The third-order valence-corrected chi connectivity index (χ3v) is 5.40. The number of carbonyl (C=O) groups excluding carboxylic acids is 1. The van der Waals surface area contributed by atoms with Crippen LogP contribution in [0, 0.1) is 3.57 Å². The summed E-state index contributed by atoms with van der Waals surface area (Å²) in [7, 11) is 0. The van der Waals surface area contributed by atoms with Gasteiger partial charge in [0.05, 0.1) is 17.3 Å². The zero-order chi connectivity index (χ0) is 18.1. The summed E-state index contributed by atoms with van der Waals surface area (Å²) < 4.78 is 1.15. The summed E-state index contributed by atoms with van der Waals surface area (Å²) in [4.78, 5) is 18.1. The Labute approximate surface area is 166 Å². The van der Waals surface area contributed by atoms with E-state index in [-0.39, 0.29) is 11.7 Å². The molecular formula is C22H17IN2O. The van der Waals surface area contributed by atoms with Crippen molar-refractivity contribution in [2.24, 2.45) is 4.99 Å². The van der Waals surface area contributed by atoms with Crippen LogP contribution in [0.1, 0.15) is 33.8 Å². The molecule has 1 aliphatic heterocycles. The number of aliphatic imine (C=N–C) groups is 1. The van der Waals surface area contributed by atoms with Crippen LogP contribution >= 0.6 is 22.6 Å². The molecule has 0 aromatic heterocycles. The zero-order valence-electron chi connectivity index (χ0n) is 14.0. The number of halogens is 1. The average Bonchev–Trinajstić information content (AvgIpc) is 2.80. The molecule has 4 heteroatoms. The van der Waals surface area contributed by atoms with Gasteiger partial charge in [-0.05, 0) is 58.5 Å². The lowest BCUT2D eigenvalue weighted by Gasteiger charge is -2.16. The number of benzene rings is 3. The Balaban J connectivity index is 1.88. The number of nitrogen functional groups attached to an aromatic ring is 1. The number of rotatable bonds is 2. The van der Waals surface area contributed by atoms with Crippen molar-refractivity contribution >= 4 is 45.5 Å². The smallest absolute Gasteiger partial charge is 0.172 e. The largest absolute Gasteiger partial charge is 0.398 e. The standard InChI is InChI=1S/C22H17IN2O/c23-15-11-9-14(10-12-15)18-13-21(16-5-1-3-7-19(16)24)25-20-8-4-2-6-17(20)22(18)26/h1-12,18H,13,24H2. The van der Waals surface area contributed by atoms with E-state index < -0.39 is 0 Å². The topological polar surface area (TPSA) is 55.4 Å². The lowest BCUT2D eigenvalue weighted by Crippen LogP contribution is -2.16. The minimum atomic E-state index is -0.269. The summed E-state index contributed by atoms with van der Waals surface area (Å²) in [5.41, 5.74) is 11.0. The molecule has 1 atom stereocenters. The number of fused-ring (bicyclic) bond motifs is 1. The van der Waals surface area contributed by atoms with Crippen LogP contribution in [0.3, 0.4) is 0 Å². The summed E-state index contributed by atoms with van der Waals surface area (Å²) in [5.74, 6) is -0.163. The van der Waals surface area contributed by atoms with Gasteiger partial charge >= 0.3 is 0 Å². The highest BCUT2D eigenvalue weighted by Crippen LogP contribution is 2.35. The van der Waals surface area contributed by atoms with Gasteiger partial charge in [0.25, 0.3) is 0 Å². The Morgan fingerprint density at radius 1 is 0.885 bits per heavy atom. The minimum absolute atomic E-state index is 0.107. The molecular weight excluding hydrogens is 435 g/mol. The van der Waals surface area contributed by atoms with E-state index in [1.807, 2.05) is 72.8 Å². The molecule has 26 heavy (non-hydrogen) atoms. The second-order valence-corrected chi connectivity index (χ2v) is 7.58. The molecule has 0 saturated heterocycles. The number of nitrogens with two attached hydrogens (primary N) is 1. The first-order chi connectivity index (χ1) is 12.6. The molecule has 0 saturated carbocycles. The van der Waals surface area contributed by atoms with Crippen molar-refractivity contribution in [3.63, 3.8) is 0 Å². The van der Waals surface area contributed by atoms with Gasteiger partial charge in [-0.3, -0.25) is 9.79 Å². The van der Waals surface area contributed by atoms with Gasteiger partial charge in [-0.15, -0.1) is 0 Å². The summed E-state index contributed by atoms with van der Waals surface area (Å²) in [5, 5.41) is 0. The maximum Gasteiger partial charge on any atom is 0.172 e. The molecule has 0 radical (unpaired) electrons. The molecule has 4 rings (SSSR count). The lowest BCUT2D eigenvalue weighted by molar-refractivity contribution is 0.0963. The van der Waals surface area contributed by atoms with Crippen LogP contribution in [0.4, 0.5) is 11.4 Å². The van der Waals surface area contributed by atoms with Gasteiger partial charge in [0, 0.05) is 26.8 Å². The maximum absolute atomic E-state index is 13.3. The predicted octanol–water partition coefficient (Wildman–Crippen LogP) is 5.36. The number of ketones is 1. The Morgan fingerprint density at radius 2 is 1.54 bits per heavy atom. The number of hydrogen-bond donors (Lipinski definition) is 1. The molecule has 1 heterocycles. The van der Waals surface area contributed by atoms with Crippen LogP contribution in [-0.4, -0.2) is 11.5 Å². The number of nitrogens with zero attached hydrogens (tertiary/aromatic N) is 1. The molecule has 3 aromatic carbocycles. The van der Waals surface area contributed by atoms with Crippen LogP contribution in [0.5, 0.6) is 0 Å². The van der Waals surface area contributed by atoms with Gasteiger partial charge in [0.15, 0.2) is 5.78 Å². The highest BCUT2D eigenvalue weighted by molar-refractivity contribution is 14.1. The zero-order valence-corrected chi connectivity index (χ0v) is 16.2. The predicted molar refractivity (Wildman–Crippen MR) is 114 cm³/mol. The molecule has 0 aliphatic carbocycles. The van der Waals surface area contributed by atoms with Crippen LogP contribution < -0.4 is 5.73 Å². The fourth-order valence-electron chi connectivity index (χ4n) is 3.34. The Bertz CT molecular complexity index is 1010. The van der Waals surface area contributed by atoms with Crippen molar-refractivity contribution in [2.75, 3.05) is 5.73 Å². The van der Waals surface area contributed by atoms with Crippen molar-refractivity contribution in [3.8, 4) is 0 Å². The first-order valence-electron chi connectivity index (χ1n) is 8.44. The van der Waals surface area contributed by atoms with Gasteiger partial charge in [-0.2, -0.15) is 0 Å². The van der Waals surface area contributed by atoms with Crippen molar-refractivity contribution in [1.29, 1.82) is 0 Å². The summed E-state index contributed by atoms with van der Waals surface area (Å²) in [6, 6.07) is 23.4. The summed E-state index contributed by atoms with van der Waals surface area (Å²) in [6.07, 6.45) is 0.530. The Kier molecular flexibility index (Phi) is 4.59. The van der Waals surface area contributed by atoms with Crippen LogP contribution in [-0.2, 0) is 0 Å². The number of para-hydroxylation sites is 2. The van der Waals surface area contributed by atoms with E-state index in [0.29, 0.717) is 23.4 Å². The van der Waals surface area contributed by atoms with Crippen molar-refractivity contribution in [3.05, 3.63) is 93.1 Å². The maximum atomic E-state index is 13.3. The molecule has 2 N–H and O–H groups in total. The van der Waals surface area contributed by atoms with E-state index in [1.54, 1.807) is 0 Å². The average molecular weight is 452 g/mol. The molecule has 0 fully saturated rings. The van der Waals surface area contributed by atoms with Crippen LogP contribution in [0.15, 0.2) is 77.8 Å². The van der Waals surface area contributed by atoms with E-state index in [2.05, 4.69) is 22.6 Å². The molecule has 128 valence electrons. The molecule has 3 aromatic rings. The van der Waals surface area contributed by atoms with E-state index in [0.717, 1.165) is 20.4 Å². The van der Waals surface area contributed by atoms with Gasteiger partial charge in [0.2, 0.25) is 0 Å². The monoisotopic (exact) mass is 452 g/mol. The molecule has 3 nitrogen and oxygen atoms in total. The molecule has 1 aliphatic rings. The second kappa shape index (κ2) is 7.03. The highest BCUT2D eigenvalue weighted by atomic mass is 127. The van der Waals surface area contributed by atoms with Crippen LogP contribution in [0.25, 0.3) is 0 Å². The van der Waals surface area contributed by atoms with E-state index in [1.165, 1.54) is 0 Å². The van der Waals surface area contributed by atoms with Gasteiger partial charge < -0.3 is 5.73 Å². The molecule has 0 bridgehead atoms. The normalized spacial score (nSPS) is 16.6. The Morgan fingerprint density at radius 3 is 2.27 bits per heavy atom. The van der Waals surface area contributed by atoms with Gasteiger partial charge in [-0.25, -0.2) is 0 Å². The van der Waals surface area contributed by atoms with Crippen molar-refractivity contribution in [2.45, 2.75) is 12.3 Å². The van der Waals surface area contributed by atoms with E-state index >= 15 is 0 Å². The summed E-state index contributed by atoms with van der Waals surface area (Å²) >= 11 is 2.27. The number of anilines is 1. The number of Topliss-reactive ketones (excluding diaryl/α,β-unsaturated/α-hetero) is 1. The summed E-state index contributed by atoms with van der Waals surface area (Å²) in [6.45, 7) is 0. The van der Waals surface area contributed by atoms with E-state index in [4.69, 9.17) is 10.7 Å². The van der Waals surface area contributed by atoms with Crippen molar-refractivity contribution in [1.82, 2.24) is 0 Å². The molecule has 1 unspecified atom stereocenters. The van der Waals surface area contributed by atoms with E-state index in [9.17, 15) is 4.79 Å². The fourth-order valence-corrected chi connectivity index (χ4v) is 3.70. The third kappa shape index (κ3) is 3.17. The number of carbonyl (C=O) groups is 1. The SMILES string of the molecule is Nc1ccccc1C1=Nc2ccccc2C(=O)C(c2ccc(I)cc2)C1. The highest BCUT2D eigenvalue weighted by Gasteiger charge is 2.29. The van der Waals surface area contributed by atoms with Crippen LogP contribution in [0.2, 0.25) is 0 Å². The quantitative estimate of drug-likeness (QED) is 0.420. The van der Waals surface area contributed by atoms with Gasteiger partial charge in [-0.1, -0.05) is 42.5 Å². The molecule has 0 spiro atoms. The molecule has 0 amide bonds. The fraction of sp³-hybridized carbons (Fsp3) is 0.0909.